The summed E-state index contributed by atoms with van der Waals surface area (Å²) >= 11 is 6.15. The topological polar surface area (TPSA) is 87.7 Å². The zero-order valence-corrected chi connectivity index (χ0v) is 18.6. The molecule has 0 aromatic heterocycles. The minimum absolute atomic E-state index is 0.0753. The number of amides is 1. The van der Waals surface area contributed by atoms with Gasteiger partial charge in [0.15, 0.2) is 0 Å². The van der Waals surface area contributed by atoms with Crippen LogP contribution in [-0.2, 0) is 19.6 Å². The summed E-state index contributed by atoms with van der Waals surface area (Å²) in [6, 6.07) is 11.6. The van der Waals surface area contributed by atoms with E-state index in [0.717, 1.165) is 0 Å². The van der Waals surface area contributed by atoms with Crippen LogP contribution in [0.4, 0.5) is 17.1 Å². The maximum atomic E-state index is 13.3. The van der Waals surface area contributed by atoms with Gasteiger partial charge in [0.2, 0.25) is 5.91 Å². The van der Waals surface area contributed by atoms with Crippen LogP contribution in [-0.4, -0.2) is 40.6 Å². The van der Waals surface area contributed by atoms with Crippen LogP contribution in [0.5, 0.6) is 0 Å². The number of carbonyl (C=O) groups is 1. The Balaban J connectivity index is 2.00. The van der Waals surface area contributed by atoms with Gasteiger partial charge in [-0.3, -0.25) is 9.52 Å². The van der Waals surface area contributed by atoms with E-state index in [1.807, 2.05) is 18.7 Å². The smallest absolute Gasteiger partial charge is 0.264 e. The van der Waals surface area contributed by atoms with E-state index in [0.29, 0.717) is 54.8 Å². The maximum Gasteiger partial charge on any atom is 0.264 e. The van der Waals surface area contributed by atoms with Crippen LogP contribution in [0.1, 0.15) is 20.3 Å². The number of nitrogens with one attached hydrogen (secondary N) is 2. The normalized spacial score (nSPS) is 15.5. The van der Waals surface area contributed by atoms with Crippen molar-refractivity contribution in [3.63, 3.8) is 0 Å². The van der Waals surface area contributed by atoms with Crippen LogP contribution < -0.4 is 14.9 Å². The molecule has 1 fully saturated rings. The third kappa shape index (κ3) is 5.24. The van der Waals surface area contributed by atoms with E-state index in [-0.39, 0.29) is 16.7 Å². The van der Waals surface area contributed by atoms with Crippen LogP contribution in [0.3, 0.4) is 0 Å². The van der Waals surface area contributed by atoms with Crippen molar-refractivity contribution in [3.8, 4) is 0 Å². The molecule has 1 aliphatic heterocycles. The van der Waals surface area contributed by atoms with Gasteiger partial charge in [-0.1, -0.05) is 37.6 Å². The Hall–Kier alpha value is -2.29. The quantitative estimate of drug-likeness (QED) is 0.665. The summed E-state index contributed by atoms with van der Waals surface area (Å²) in [6.45, 7) is 5.94. The van der Waals surface area contributed by atoms with E-state index in [4.69, 9.17) is 16.3 Å². The van der Waals surface area contributed by atoms with E-state index < -0.39 is 10.0 Å². The fraction of sp³-hybridized carbons (Fsp3) is 0.381. The molecule has 1 saturated heterocycles. The summed E-state index contributed by atoms with van der Waals surface area (Å²) in [6.07, 6.45) is 0.691. The molecule has 30 heavy (non-hydrogen) atoms. The minimum Gasteiger partial charge on any atom is -0.378 e. The number of carbonyl (C=O) groups excluding carboxylic acids is 1. The summed E-state index contributed by atoms with van der Waals surface area (Å²) in [4.78, 5) is 14.3. The second-order valence-corrected chi connectivity index (χ2v) is 9.22. The molecule has 0 bridgehead atoms. The summed E-state index contributed by atoms with van der Waals surface area (Å²) in [5.74, 6) is -0.329. The van der Waals surface area contributed by atoms with E-state index in [1.165, 1.54) is 6.07 Å². The van der Waals surface area contributed by atoms with Gasteiger partial charge in [0.1, 0.15) is 4.90 Å². The van der Waals surface area contributed by atoms with Crippen molar-refractivity contribution in [3.05, 3.63) is 47.5 Å². The Kier molecular flexibility index (Phi) is 7.23. The average molecular weight is 452 g/mol. The van der Waals surface area contributed by atoms with Crippen molar-refractivity contribution in [1.29, 1.82) is 0 Å². The molecular formula is C21H26ClN3O4S. The molecule has 0 spiro atoms. The van der Waals surface area contributed by atoms with Gasteiger partial charge >= 0.3 is 0 Å². The SMILES string of the molecule is CC[C@@H](C)C(=O)Nc1ccc(N2CCOCC2)c(S(=O)(=O)Nc2ccccc2Cl)c1. The lowest BCUT2D eigenvalue weighted by Gasteiger charge is -2.30. The molecule has 3 rings (SSSR count). The molecule has 0 saturated carbocycles. The van der Waals surface area contributed by atoms with Gasteiger partial charge < -0.3 is 15.0 Å². The van der Waals surface area contributed by atoms with Gasteiger partial charge in [-0.25, -0.2) is 8.42 Å². The van der Waals surface area contributed by atoms with E-state index in [1.54, 1.807) is 36.4 Å². The van der Waals surface area contributed by atoms with Crippen LogP contribution in [0.2, 0.25) is 5.02 Å². The molecule has 0 radical (unpaired) electrons. The van der Waals surface area contributed by atoms with Crippen LogP contribution in [0.15, 0.2) is 47.4 Å². The molecule has 7 nitrogen and oxygen atoms in total. The number of halogens is 1. The summed E-state index contributed by atoms with van der Waals surface area (Å²) < 4.78 is 34.6. The van der Waals surface area contributed by atoms with E-state index in [9.17, 15) is 13.2 Å². The fourth-order valence-electron chi connectivity index (χ4n) is 3.07. The first-order chi connectivity index (χ1) is 14.3. The van der Waals surface area contributed by atoms with Crippen molar-refractivity contribution >= 4 is 44.6 Å². The van der Waals surface area contributed by atoms with Gasteiger partial charge in [0, 0.05) is 24.7 Å². The van der Waals surface area contributed by atoms with E-state index in [2.05, 4.69) is 10.0 Å². The average Bonchev–Trinajstić information content (AvgIpc) is 2.75. The molecule has 2 aromatic rings. The van der Waals surface area contributed by atoms with Gasteiger partial charge in [-0.2, -0.15) is 0 Å². The van der Waals surface area contributed by atoms with Crippen molar-refractivity contribution in [2.75, 3.05) is 41.2 Å². The molecule has 9 heteroatoms. The molecule has 2 N–H and O–H groups in total. The predicted molar refractivity (Wildman–Crippen MR) is 120 cm³/mol. The number of benzene rings is 2. The van der Waals surface area contributed by atoms with Crippen molar-refractivity contribution in [1.82, 2.24) is 0 Å². The van der Waals surface area contributed by atoms with Crippen LogP contribution in [0, 0.1) is 5.92 Å². The van der Waals surface area contributed by atoms with Crippen molar-refractivity contribution in [2.24, 2.45) is 5.92 Å². The Morgan fingerprint density at radius 3 is 2.57 bits per heavy atom. The standard InChI is InChI=1S/C21H26ClN3O4S/c1-3-15(2)21(26)23-16-8-9-19(25-10-12-29-13-11-25)20(14-16)30(27,28)24-18-7-5-4-6-17(18)22/h4-9,14-15,24H,3,10-13H2,1-2H3,(H,23,26)/t15-/m1/s1. The largest absolute Gasteiger partial charge is 0.378 e. The second kappa shape index (κ2) is 9.68. The number of hydrogen-bond acceptors (Lipinski definition) is 5. The Labute approximate surface area is 182 Å². The lowest BCUT2D eigenvalue weighted by Crippen LogP contribution is -2.37. The highest BCUT2D eigenvalue weighted by atomic mass is 35.5. The number of hydrogen-bond donors (Lipinski definition) is 2. The van der Waals surface area contributed by atoms with Gasteiger partial charge in [0.25, 0.3) is 10.0 Å². The zero-order valence-electron chi connectivity index (χ0n) is 17.0. The number of nitrogens with zero attached hydrogens (tertiary/aromatic N) is 1. The van der Waals surface area contributed by atoms with Crippen molar-refractivity contribution < 1.29 is 17.9 Å². The minimum atomic E-state index is -3.97. The number of sulfonamides is 1. The zero-order chi connectivity index (χ0) is 21.7. The summed E-state index contributed by atoms with van der Waals surface area (Å²) in [5, 5.41) is 3.11. The van der Waals surface area contributed by atoms with E-state index >= 15 is 0 Å². The molecule has 2 aromatic carbocycles. The Morgan fingerprint density at radius 2 is 1.90 bits per heavy atom. The van der Waals surface area contributed by atoms with Gasteiger partial charge in [-0.15, -0.1) is 0 Å². The Morgan fingerprint density at radius 1 is 1.20 bits per heavy atom. The van der Waals surface area contributed by atoms with Crippen molar-refractivity contribution in [2.45, 2.75) is 25.2 Å². The Bertz CT molecular complexity index is 1010. The summed E-state index contributed by atoms with van der Waals surface area (Å²) in [7, 11) is -3.97. The second-order valence-electron chi connectivity index (χ2n) is 7.17. The molecular weight excluding hydrogens is 426 g/mol. The van der Waals surface area contributed by atoms with Gasteiger partial charge in [0.05, 0.1) is 29.6 Å². The predicted octanol–water partition coefficient (Wildman–Crippen LogP) is 3.96. The maximum absolute atomic E-state index is 13.3. The molecule has 0 unspecified atom stereocenters. The molecule has 0 aliphatic carbocycles. The molecule has 1 amide bonds. The molecule has 1 aliphatic rings. The lowest BCUT2D eigenvalue weighted by molar-refractivity contribution is -0.119. The number of para-hydroxylation sites is 1. The first kappa shape index (κ1) is 22.4. The van der Waals surface area contributed by atoms with Crippen LogP contribution in [0.25, 0.3) is 0 Å². The number of anilines is 3. The fourth-order valence-corrected chi connectivity index (χ4v) is 4.64. The molecule has 162 valence electrons. The first-order valence-corrected chi connectivity index (χ1v) is 11.7. The summed E-state index contributed by atoms with van der Waals surface area (Å²) in [5.41, 5.74) is 1.28. The molecule has 1 heterocycles. The molecule has 1 atom stereocenters. The number of morpholine rings is 1. The first-order valence-electron chi connectivity index (χ1n) is 9.86. The monoisotopic (exact) mass is 451 g/mol. The third-order valence-corrected chi connectivity index (χ3v) is 6.77. The van der Waals surface area contributed by atoms with Gasteiger partial charge in [-0.05, 0) is 36.8 Å². The highest BCUT2D eigenvalue weighted by Gasteiger charge is 2.25. The van der Waals surface area contributed by atoms with Crippen LogP contribution >= 0.6 is 11.6 Å². The highest BCUT2D eigenvalue weighted by molar-refractivity contribution is 7.93. The highest BCUT2D eigenvalue weighted by Crippen LogP contribution is 2.32. The number of ether oxygens (including phenoxy) is 1. The number of rotatable bonds is 7. The third-order valence-electron chi connectivity index (χ3n) is 5.05. The lowest BCUT2D eigenvalue weighted by atomic mass is 10.1.